The zero-order valence-electron chi connectivity index (χ0n) is 10.2. The molecule has 5 heteroatoms. The fourth-order valence-electron chi connectivity index (χ4n) is 1.19. The molecule has 0 aromatic carbocycles. The van der Waals surface area contributed by atoms with Crippen LogP contribution >= 0.6 is 0 Å². The Morgan fingerprint density at radius 1 is 1.44 bits per heavy atom. The number of nitrogens with one attached hydrogen (secondary N) is 1. The highest BCUT2D eigenvalue weighted by Crippen LogP contribution is 2.24. The Labute approximate surface area is 96.4 Å². The van der Waals surface area contributed by atoms with Crippen LogP contribution in [0.1, 0.15) is 27.2 Å². The Balaban J connectivity index is 2.69. The molecule has 0 spiro atoms. The van der Waals surface area contributed by atoms with Gasteiger partial charge in [0.2, 0.25) is 5.88 Å². The van der Waals surface area contributed by atoms with Crippen molar-refractivity contribution in [1.29, 1.82) is 0 Å². The standard InChI is InChI=1S/C11H20N4O/c1-4-8(3)6-13-10-9(12)11(16-5-2)15-7-14-10/h7-8H,4-6,12H2,1-3H3,(H,13,14,15). The summed E-state index contributed by atoms with van der Waals surface area (Å²) in [5.74, 6) is 1.69. The first-order chi connectivity index (χ1) is 7.69. The van der Waals surface area contributed by atoms with E-state index in [1.54, 1.807) is 0 Å². The van der Waals surface area contributed by atoms with E-state index in [0.717, 1.165) is 13.0 Å². The van der Waals surface area contributed by atoms with E-state index in [2.05, 4.69) is 29.1 Å². The summed E-state index contributed by atoms with van der Waals surface area (Å²) < 4.78 is 5.29. The fraction of sp³-hybridized carbons (Fsp3) is 0.636. The lowest BCUT2D eigenvalue weighted by Gasteiger charge is -2.13. The van der Waals surface area contributed by atoms with Crippen LogP contribution in [0.4, 0.5) is 11.5 Å². The van der Waals surface area contributed by atoms with Crippen LogP contribution in [0.2, 0.25) is 0 Å². The van der Waals surface area contributed by atoms with E-state index in [1.165, 1.54) is 6.33 Å². The Morgan fingerprint density at radius 3 is 2.81 bits per heavy atom. The van der Waals surface area contributed by atoms with Gasteiger partial charge in [-0.15, -0.1) is 0 Å². The molecule has 0 aliphatic heterocycles. The maximum absolute atomic E-state index is 5.88. The normalized spacial score (nSPS) is 12.2. The van der Waals surface area contributed by atoms with Crippen molar-refractivity contribution in [2.45, 2.75) is 27.2 Å². The number of nitrogen functional groups attached to an aromatic ring is 1. The molecular formula is C11H20N4O. The molecule has 1 aromatic heterocycles. The molecule has 0 saturated heterocycles. The monoisotopic (exact) mass is 224 g/mol. The average Bonchev–Trinajstić information content (AvgIpc) is 2.30. The molecule has 0 bridgehead atoms. The quantitative estimate of drug-likeness (QED) is 0.772. The number of anilines is 2. The van der Waals surface area contributed by atoms with E-state index < -0.39 is 0 Å². The summed E-state index contributed by atoms with van der Waals surface area (Å²) in [5.41, 5.74) is 6.36. The third-order valence-corrected chi connectivity index (χ3v) is 2.44. The molecule has 1 atom stereocenters. The summed E-state index contributed by atoms with van der Waals surface area (Å²) in [6, 6.07) is 0. The first-order valence-electron chi connectivity index (χ1n) is 5.66. The minimum Gasteiger partial charge on any atom is -0.476 e. The zero-order valence-corrected chi connectivity index (χ0v) is 10.2. The first-order valence-corrected chi connectivity index (χ1v) is 5.66. The molecule has 1 aromatic rings. The maximum Gasteiger partial charge on any atom is 0.242 e. The lowest BCUT2D eigenvalue weighted by Crippen LogP contribution is -2.13. The van der Waals surface area contributed by atoms with Crippen LogP contribution in [0.15, 0.2) is 6.33 Å². The molecule has 1 rings (SSSR count). The fourth-order valence-corrected chi connectivity index (χ4v) is 1.19. The summed E-state index contributed by atoms with van der Waals surface area (Å²) in [6.07, 6.45) is 2.58. The first kappa shape index (κ1) is 12.5. The number of ether oxygens (including phenoxy) is 1. The second kappa shape index (κ2) is 6.15. The number of hydrogen-bond donors (Lipinski definition) is 2. The van der Waals surface area contributed by atoms with Crippen LogP contribution < -0.4 is 15.8 Å². The second-order valence-corrected chi connectivity index (χ2v) is 3.77. The average molecular weight is 224 g/mol. The van der Waals surface area contributed by atoms with E-state index in [4.69, 9.17) is 10.5 Å². The lowest BCUT2D eigenvalue weighted by atomic mass is 10.1. The second-order valence-electron chi connectivity index (χ2n) is 3.77. The van der Waals surface area contributed by atoms with Crippen LogP contribution in [0.3, 0.4) is 0 Å². The molecule has 0 radical (unpaired) electrons. The summed E-state index contributed by atoms with van der Waals surface area (Å²) in [5, 5.41) is 3.21. The lowest BCUT2D eigenvalue weighted by molar-refractivity contribution is 0.328. The zero-order chi connectivity index (χ0) is 12.0. The topological polar surface area (TPSA) is 73.1 Å². The predicted molar refractivity (Wildman–Crippen MR) is 65.6 cm³/mol. The number of nitrogens with two attached hydrogens (primary N) is 1. The number of nitrogens with zero attached hydrogens (tertiary/aromatic N) is 2. The van der Waals surface area contributed by atoms with E-state index in [1.807, 2.05) is 6.92 Å². The van der Waals surface area contributed by atoms with Gasteiger partial charge < -0.3 is 15.8 Å². The summed E-state index contributed by atoms with van der Waals surface area (Å²) in [4.78, 5) is 8.08. The van der Waals surface area contributed by atoms with Crippen LogP contribution in [-0.2, 0) is 0 Å². The van der Waals surface area contributed by atoms with Gasteiger partial charge in [0.25, 0.3) is 0 Å². The molecule has 0 aliphatic carbocycles. The van der Waals surface area contributed by atoms with Crippen molar-refractivity contribution >= 4 is 11.5 Å². The molecule has 0 amide bonds. The van der Waals surface area contributed by atoms with Gasteiger partial charge in [-0.1, -0.05) is 20.3 Å². The Morgan fingerprint density at radius 2 is 2.19 bits per heavy atom. The van der Waals surface area contributed by atoms with Crippen LogP contribution in [-0.4, -0.2) is 23.1 Å². The van der Waals surface area contributed by atoms with Crippen molar-refractivity contribution in [3.63, 3.8) is 0 Å². The Kier molecular flexibility index (Phi) is 4.82. The van der Waals surface area contributed by atoms with Crippen LogP contribution in [0.5, 0.6) is 5.88 Å². The number of hydrogen-bond acceptors (Lipinski definition) is 5. The molecule has 3 N–H and O–H groups in total. The van der Waals surface area contributed by atoms with E-state index in [-0.39, 0.29) is 0 Å². The van der Waals surface area contributed by atoms with Gasteiger partial charge in [-0.2, -0.15) is 4.98 Å². The minimum absolute atomic E-state index is 0.448. The molecule has 0 aliphatic rings. The van der Waals surface area contributed by atoms with Gasteiger partial charge in [-0.25, -0.2) is 4.98 Å². The van der Waals surface area contributed by atoms with E-state index in [0.29, 0.717) is 29.9 Å². The molecule has 0 saturated carbocycles. The van der Waals surface area contributed by atoms with Crippen molar-refractivity contribution in [2.75, 3.05) is 24.2 Å². The summed E-state index contributed by atoms with van der Waals surface area (Å²) in [7, 11) is 0. The Bertz CT molecular complexity index is 330. The van der Waals surface area contributed by atoms with Crippen molar-refractivity contribution < 1.29 is 4.74 Å². The van der Waals surface area contributed by atoms with Crippen molar-refractivity contribution in [1.82, 2.24) is 9.97 Å². The third kappa shape index (κ3) is 3.25. The van der Waals surface area contributed by atoms with Gasteiger partial charge in [-0.3, -0.25) is 0 Å². The summed E-state index contributed by atoms with van der Waals surface area (Å²) >= 11 is 0. The van der Waals surface area contributed by atoms with Gasteiger partial charge >= 0.3 is 0 Å². The maximum atomic E-state index is 5.88. The molecule has 90 valence electrons. The molecule has 5 nitrogen and oxygen atoms in total. The largest absolute Gasteiger partial charge is 0.476 e. The highest BCUT2D eigenvalue weighted by atomic mass is 16.5. The SMILES string of the molecule is CCOc1ncnc(NCC(C)CC)c1N. The molecular weight excluding hydrogens is 204 g/mol. The predicted octanol–water partition coefficient (Wildman–Crippen LogP) is 1.92. The van der Waals surface area contributed by atoms with Crippen LogP contribution in [0, 0.1) is 5.92 Å². The van der Waals surface area contributed by atoms with Gasteiger partial charge in [0.1, 0.15) is 12.0 Å². The summed E-state index contributed by atoms with van der Waals surface area (Å²) in [6.45, 7) is 7.62. The minimum atomic E-state index is 0.448. The van der Waals surface area contributed by atoms with Crippen molar-refractivity contribution in [2.24, 2.45) is 5.92 Å². The molecule has 1 heterocycles. The number of aromatic nitrogens is 2. The smallest absolute Gasteiger partial charge is 0.242 e. The third-order valence-electron chi connectivity index (χ3n) is 2.44. The molecule has 0 fully saturated rings. The number of rotatable bonds is 6. The molecule has 16 heavy (non-hydrogen) atoms. The van der Waals surface area contributed by atoms with Crippen molar-refractivity contribution in [3.05, 3.63) is 6.33 Å². The van der Waals surface area contributed by atoms with Crippen molar-refractivity contribution in [3.8, 4) is 5.88 Å². The highest BCUT2D eigenvalue weighted by molar-refractivity contribution is 5.66. The van der Waals surface area contributed by atoms with Crippen LogP contribution in [0.25, 0.3) is 0 Å². The van der Waals surface area contributed by atoms with E-state index >= 15 is 0 Å². The van der Waals surface area contributed by atoms with Gasteiger partial charge in [0.05, 0.1) is 6.61 Å². The highest BCUT2D eigenvalue weighted by Gasteiger charge is 2.09. The van der Waals surface area contributed by atoms with E-state index in [9.17, 15) is 0 Å². The van der Waals surface area contributed by atoms with Gasteiger partial charge in [0, 0.05) is 6.54 Å². The Hall–Kier alpha value is -1.52. The molecule has 1 unspecified atom stereocenters. The van der Waals surface area contributed by atoms with Gasteiger partial charge in [0.15, 0.2) is 5.82 Å². The van der Waals surface area contributed by atoms with Gasteiger partial charge in [-0.05, 0) is 12.8 Å².